The summed E-state index contributed by atoms with van der Waals surface area (Å²) in [5.74, 6) is -0.513. The number of anilines is 1. The number of primary amides is 1. The number of hydrogen-bond donors (Lipinski definition) is 2. The molecule has 3 aromatic carbocycles. The van der Waals surface area contributed by atoms with Crippen LogP contribution in [0.1, 0.15) is 15.9 Å². The maximum Gasteiger partial charge on any atom is 0.261 e. The Kier molecular flexibility index (Phi) is 5.60. The Hall–Kier alpha value is -3.39. The SMILES string of the molecule is NC(=O)c1ccc(S(=O)(=O)Nc2cccc(OCc3ccc(F)cc3)c2)cc1. The molecule has 3 aromatic rings. The fraction of sp³-hybridized carbons (Fsp3) is 0.0500. The van der Waals surface area contributed by atoms with Crippen molar-refractivity contribution in [1.82, 2.24) is 0 Å². The minimum Gasteiger partial charge on any atom is -0.489 e. The molecule has 3 rings (SSSR count). The molecule has 0 fully saturated rings. The van der Waals surface area contributed by atoms with Gasteiger partial charge in [0.15, 0.2) is 0 Å². The van der Waals surface area contributed by atoms with Crippen molar-refractivity contribution in [1.29, 1.82) is 0 Å². The molecule has 0 heterocycles. The number of ether oxygens (including phenoxy) is 1. The normalized spacial score (nSPS) is 11.0. The van der Waals surface area contributed by atoms with E-state index in [1.165, 1.54) is 36.4 Å². The van der Waals surface area contributed by atoms with Gasteiger partial charge in [0, 0.05) is 11.6 Å². The first-order chi connectivity index (χ1) is 13.3. The van der Waals surface area contributed by atoms with E-state index in [1.807, 2.05) is 0 Å². The van der Waals surface area contributed by atoms with Gasteiger partial charge in [-0.25, -0.2) is 12.8 Å². The molecule has 0 aliphatic carbocycles. The number of nitrogens with one attached hydrogen (secondary N) is 1. The van der Waals surface area contributed by atoms with Crippen molar-refractivity contribution in [2.75, 3.05) is 4.72 Å². The molecule has 0 aliphatic heterocycles. The van der Waals surface area contributed by atoms with Crippen LogP contribution in [-0.4, -0.2) is 14.3 Å². The highest BCUT2D eigenvalue weighted by Crippen LogP contribution is 2.22. The maximum absolute atomic E-state index is 12.9. The van der Waals surface area contributed by atoms with Crippen LogP contribution in [0.25, 0.3) is 0 Å². The Labute approximate surface area is 161 Å². The zero-order valence-corrected chi connectivity index (χ0v) is 15.4. The number of nitrogens with two attached hydrogens (primary N) is 1. The lowest BCUT2D eigenvalue weighted by Gasteiger charge is -2.11. The molecular formula is C20H17FN2O4S. The molecule has 8 heteroatoms. The first kappa shape index (κ1) is 19.4. The quantitative estimate of drug-likeness (QED) is 0.636. The highest BCUT2D eigenvalue weighted by molar-refractivity contribution is 7.92. The fourth-order valence-electron chi connectivity index (χ4n) is 2.41. The molecule has 0 unspecified atom stereocenters. The van der Waals surface area contributed by atoms with Crippen molar-refractivity contribution in [3.63, 3.8) is 0 Å². The summed E-state index contributed by atoms with van der Waals surface area (Å²) in [5, 5.41) is 0. The summed E-state index contributed by atoms with van der Waals surface area (Å²) in [6.07, 6.45) is 0. The minimum absolute atomic E-state index is 0.00451. The van der Waals surface area contributed by atoms with E-state index < -0.39 is 15.9 Å². The van der Waals surface area contributed by atoms with Gasteiger partial charge in [-0.3, -0.25) is 9.52 Å². The molecule has 0 spiro atoms. The van der Waals surface area contributed by atoms with Gasteiger partial charge in [0.05, 0.1) is 10.6 Å². The van der Waals surface area contributed by atoms with E-state index in [0.29, 0.717) is 11.4 Å². The van der Waals surface area contributed by atoms with Gasteiger partial charge in [-0.1, -0.05) is 18.2 Å². The van der Waals surface area contributed by atoms with E-state index in [0.717, 1.165) is 5.56 Å². The number of hydrogen-bond acceptors (Lipinski definition) is 4. The first-order valence-corrected chi connectivity index (χ1v) is 9.72. The molecule has 0 bridgehead atoms. The molecule has 1 amide bonds. The van der Waals surface area contributed by atoms with Gasteiger partial charge in [-0.15, -0.1) is 0 Å². The number of benzene rings is 3. The molecule has 3 N–H and O–H groups in total. The lowest BCUT2D eigenvalue weighted by atomic mass is 10.2. The molecule has 0 saturated heterocycles. The number of halogens is 1. The second-order valence-electron chi connectivity index (χ2n) is 5.94. The number of sulfonamides is 1. The largest absolute Gasteiger partial charge is 0.489 e. The van der Waals surface area contributed by atoms with Gasteiger partial charge in [0.2, 0.25) is 5.91 Å². The van der Waals surface area contributed by atoms with E-state index in [1.54, 1.807) is 36.4 Å². The highest BCUT2D eigenvalue weighted by Gasteiger charge is 2.15. The van der Waals surface area contributed by atoms with Crippen molar-refractivity contribution in [3.05, 3.63) is 89.7 Å². The van der Waals surface area contributed by atoms with Crippen LogP contribution in [-0.2, 0) is 16.6 Å². The molecule has 0 atom stereocenters. The Morgan fingerprint density at radius 1 is 1.00 bits per heavy atom. The van der Waals surface area contributed by atoms with Gasteiger partial charge in [0.25, 0.3) is 10.0 Å². The average molecular weight is 400 g/mol. The zero-order chi connectivity index (χ0) is 20.1. The van der Waals surface area contributed by atoms with Crippen LogP contribution in [0.5, 0.6) is 5.75 Å². The fourth-order valence-corrected chi connectivity index (χ4v) is 3.46. The third kappa shape index (κ3) is 4.86. The third-order valence-electron chi connectivity index (χ3n) is 3.85. The Morgan fingerprint density at radius 2 is 1.68 bits per heavy atom. The molecular weight excluding hydrogens is 383 g/mol. The highest BCUT2D eigenvalue weighted by atomic mass is 32.2. The summed E-state index contributed by atoms with van der Waals surface area (Å²) in [6.45, 7) is 0.213. The van der Waals surface area contributed by atoms with Crippen molar-refractivity contribution >= 4 is 21.6 Å². The van der Waals surface area contributed by atoms with Gasteiger partial charge in [0.1, 0.15) is 18.2 Å². The molecule has 0 saturated carbocycles. The van der Waals surface area contributed by atoms with Crippen LogP contribution >= 0.6 is 0 Å². The summed E-state index contributed by atoms with van der Waals surface area (Å²) < 4.78 is 46.0. The standard InChI is InChI=1S/C20H17FN2O4S/c21-16-8-4-14(5-9-16)13-27-18-3-1-2-17(12-18)23-28(25,26)19-10-6-15(7-11-19)20(22)24/h1-12,23H,13H2,(H2,22,24). The van der Waals surface area contributed by atoms with E-state index >= 15 is 0 Å². The first-order valence-electron chi connectivity index (χ1n) is 8.23. The smallest absolute Gasteiger partial charge is 0.261 e. The monoisotopic (exact) mass is 400 g/mol. The van der Waals surface area contributed by atoms with E-state index in [4.69, 9.17) is 10.5 Å². The maximum atomic E-state index is 12.9. The Balaban J connectivity index is 1.70. The second kappa shape index (κ2) is 8.10. The second-order valence-corrected chi connectivity index (χ2v) is 7.62. The third-order valence-corrected chi connectivity index (χ3v) is 5.25. The lowest BCUT2D eigenvalue weighted by Crippen LogP contribution is -2.14. The van der Waals surface area contributed by atoms with Gasteiger partial charge in [-0.05, 0) is 54.1 Å². The van der Waals surface area contributed by atoms with Crippen LogP contribution < -0.4 is 15.2 Å². The van der Waals surface area contributed by atoms with Crippen LogP contribution in [0.15, 0.2) is 77.7 Å². The van der Waals surface area contributed by atoms with Gasteiger partial charge >= 0.3 is 0 Å². The van der Waals surface area contributed by atoms with Crippen molar-refractivity contribution in [3.8, 4) is 5.75 Å². The van der Waals surface area contributed by atoms with E-state index in [-0.39, 0.29) is 22.9 Å². The summed E-state index contributed by atoms with van der Waals surface area (Å²) in [5.41, 5.74) is 6.47. The summed E-state index contributed by atoms with van der Waals surface area (Å²) >= 11 is 0. The van der Waals surface area contributed by atoms with Crippen molar-refractivity contribution in [2.45, 2.75) is 11.5 Å². The van der Waals surface area contributed by atoms with Gasteiger partial charge < -0.3 is 10.5 Å². The summed E-state index contributed by atoms with van der Waals surface area (Å²) in [6, 6.07) is 17.7. The molecule has 6 nitrogen and oxygen atoms in total. The predicted molar refractivity (Wildman–Crippen MR) is 103 cm³/mol. The van der Waals surface area contributed by atoms with Crippen LogP contribution in [0.4, 0.5) is 10.1 Å². The topological polar surface area (TPSA) is 98.5 Å². The number of carbonyl (C=O) groups excluding carboxylic acids is 1. The summed E-state index contributed by atoms with van der Waals surface area (Å²) in [7, 11) is -3.84. The number of carbonyl (C=O) groups is 1. The minimum atomic E-state index is -3.84. The molecule has 0 radical (unpaired) electrons. The van der Waals surface area contributed by atoms with Crippen LogP contribution in [0, 0.1) is 5.82 Å². The molecule has 0 aliphatic rings. The zero-order valence-electron chi connectivity index (χ0n) is 14.6. The predicted octanol–water partition coefficient (Wildman–Crippen LogP) is 3.30. The Bertz CT molecular complexity index is 1080. The van der Waals surface area contributed by atoms with E-state index in [2.05, 4.69) is 4.72 Å². The number of rotatable bonds is 7. The number of amides is 1. The summed E-state index contributed by atoms with van der Waals surface area (Å²) in [4.78, 5) is 11.1. The average Bonchev–Trinajstić information content (AvgIpc) is 2.67. The Morgan fingerprint density at radius 3 is 2.32 bits per heavy atom. The van der Waals surface area contributed by atoms with Crippen molar-refractivity contribution < 1.29 is 22.3 Å². The van der Waals surface area contributed by atoms with Crippen molar-refractivity contribution in [2.24, 2.45) is 5.73 Å². The molecule has 0 aromatic heterocycles. The lowest BCUT2D eigenvalue weighted by molar-refractivity contribution is 0.1000. The molecule has 28 heavy (non-hydrogen) atoms. The van der Waals surface area contributed by atoms with E-state index in [9.17, 15) is 17.6 Å². The van der Waals surface area contributed by atoms with Gasteiger partial charge in [-0.2, -0.15) is 0 Å². The van der Waals surface area contributed by atoms with Crippen LogP contribution in [0.3, 0.4) is 0 Å². The van der Waals surface area contributed by atoms with Crippen LogP contribution in [0.2, 0.25) is 0 Å². The molecule has 144 valence electrons.